The van der Waals surface area contributed by atoms with E-state index in [2.05, 4.69) is 12.2 Å². The van der Waals surface area contributed by atoms with Crippen LogP contribution in [0.4, 0.5) is 0 Å². The number of aromatic carboxylic acids is 1. The molecule has 4 heteroatoms. The second-order valence-corrected chi connectivity index (χ2v) is 4.88. The van der Waals surface area contributed by atoms with Gasteiger partial charge in [-0.2, -0.15) is 0 Å². The van der Waals surface area contributed by atoms with Gasteiger partial charge in [-0.3, -0.25) is 0 Å². The predicted octanol–water partition coefficient (Wildman–Crippen LogP) is 3.24. The normalized spacial score (nSPS) is 11.9. The molecule has 1 atom stereocenters. The molecule has 4 nitrogen and oxygen atoms in total. The first-order valence-corrected chi connectivity index (χ1v) is 6.79. The van der Waals surface area contributed by atoms with Gasteiger partial charge in [-0.05, 0) is 42.3 Å². The zero-order valence-corrected chi connectivity index (χ0v) is 12.2. The van der Waals surface area contributed by atoms with Gasteiger partial charge in [0.25, 0.3) is 0 Å². The van der Waals surface area contributed by atoms with Gasteiger partial charge in [-0.1, -0.05) is 24.3 Å². The van der Waals surface area contributed by atoms with Crippen molar-refractivity contribution in [1.29, 1.82) is 0 Å². The van der Waals surface area contributed by atoms with Crippen LogP contribution >= 0.6 is 0 Å². The van der Waals surface area contributed by atoms with Gasteiger partial charge in [0, 0.05) is 12.6 Å². The lowest BCUT2D eigenvalue weighted by Gasteiger charge is -2.15. The van der Waals surface area contributed by atoms with Gasteiger partial charge in [-0.15, -0.1) is 0 Å². The third-order valence-electron chi connectivity index (χ3n) is 3.38. The van der Waals surface area contributed by atoms with E-state index in [4.69, 9.17) is 9.84 Å². The van der Waals surface area contributed by atoms with Gasteiger partial charge >= 0.3 is 5.97 Å². The molecule has 0 heterocycles. The zero-order chi connectivity index (χ0) is 15.2. The number of rotatable bonds is 6. The molecular formula is C17H19NO3. The molecule has 21 heavy (non-hydrogen) atoms. The van der Waals surface area contributed by atoms with Crippen LogP contribution in [0.25, 0.3) is 0 Å². The minimum absolute atomic E-state index is 0.147. The highest BCUT2D eigenvalue weighted by Crippen LogP contribution is 2.19. The molecule has 0 aliphatic rings. The first-order valence-electron chi connectivity index (χ1n) is 6.79. The Hall–Kier alpha value is -2.33. The Balaban J connectivity index is 2.01. The van der Waals surface area contributed by atoms with Gasteiger partial charge < -0.3 is 15.2 Å². The molecule has 0 bridgehead atoms. The second kappa shape index (κ2) is 6.90. The van der Waals surface area contributed by atoms with Gasteiger partial charge in [0.15, 0.2) is 0 Å². The Morgan fingerprint density at radius 3 is 2.71 bits per heavy atom. The number of carboxylic acid groups (broad SMARTS) is 1. The summed E-state index contributed by atoms with van der Waals surface area (Å²) in [5.74, 6) is -0.0771. The van der Waals surface area contributed by atoms with Crippen LogP contribution in [0, 0.1) is 0 Å². The van der Waals surface area contributed by atoms with E-state index >= 15 is 0 Å². The average molecular weight is 285 g/mol. The number of nitrogens with one attached hydrogen (secondary N) is 1. The number of carbonyl (C=O) groups is 1. The number of benzene rings is 2. The molecule has 2 N–H and O–H groups in total. The minimum Gasteiger partial charge on any atom is -0.497 e. The van der Waals surface area contributed by atoms with Crippen molar-refractivity contribution < 1.29 is 14.6 Å². The largest absolute Gasteiger partial charge is 0.497 e. The van der Waals surface area contributed by atoms with E-state index < -0.39 is 5.97 Å². The number of methoxy groups -OCH3 is 1. The van der Waals surface area contributed by atoms with Crippen LogP contribution in [0.3, 0.4) is 0 Å². The summed E-state index contributed by atoms with van der Waals surface area (Å²) < 4.78 is 5.22. The molecule has 0 radical (unpaired) electrons. The van der Waals surface area contributed by atoms with Gasteiger partial charge in [0.1, 0.15) is 5.75 Å². The lowest BCUT2D eigenvalue weighted by atomic mass is 10.1. The third-order valence-corrected chi connectivity index (χ3v) is 3.38. The second-order valence-electron chi connectivity index (χ2n) is 4.88. The van der Waals surface area contributed by atoms with Crippen molar-refractivity contribution in [2.75, 3.05) is 7.11 Å². The van der Waals surface area contributed by atoms with E-state index in [1.165, 1.54) is 0 Å². The molecule has 0 saturated carbocycles. The summed E-state index contributed by atoms with van der Waals surface area (Å²) in [6.45, 7) is 2.68. The maximum Gasteiger partial charge on any atom is 0.335 e. The summed E-state index contributed by atoms with van der Waals surface area (Å²) in [5, 5.41) is 12.4. The number of hydrogen-bond donors (Lipinski definition) is 2. The van der Waals surface area contributed by atoms with Crippen LogP contribution in [0.1, 0.15) is 34.5 Å². The Bertz CT molecular complexity index is 625. The summed E-state index contributed by atoms with van der Waals surface area (Å²) in [5.41, 5.74) is 2.39. The van der Waals surface area contributed by atoms with E-state index in [1.54, 1.807) is 25.3 Å². The summed E-state index contributed by atoms with van der Waals surface area (Å²) in [6, 6.07) is 15.0. The summed E-state index contributed by atoms with van der Waals surface area (Å²) in [7, 11) is 1.65. The highest BCUT2D eigenvalue weighted by molar-refractivity contribution is 5.87. The first kappa shape index (κ1) is 15.1. The van der Waals surface area contributed by atoms with E-state index in [1.807, 2.05) is 30.3 Å². The van der Waals surface area contributed by atoms with Crippen LogP contribution in [0.2, 0.25) is 0 Å². The summed E-state index contributed by atoms with van der Waals surface area (Å²) >= 11 is 0. The topological polar surface area (TPSA) is 58.6 Å². The first-order chi connectivity index (χ1) is 10.1. The van der Waals surface area contributed by atoms with E-state index in [0.717, 1.165) is 16.9 Å². The van der Waals surface area contributed by atoms with E-state index in [0.29, 0.717) is 12.1 Å². The molecule has 0 spiro atoms. The molecule has 110 valence electrons. The molecular weight excluding hydrogens is 266 g/mol. The monoisotopic (exact) mass is 285 g/mol. The summed E-state index contributed by atoms with van der Waals surface area (Å²) in [6.07, 6.45) is 0. The highest BCUT2D eigenvalue weighted by atomic mass is 16.5. The molecule has 2 aromatic carbocycles. The highest BCUT2D eigenvalue weighted by Gasteiger charge is 2.07. The van der Waals surface area contributed by atoms with Crippen molar-refractivity contribution in [1.82, 2.24) is 5.32 Å². The van der Waals surface area contributed by atoms with Crippen molar-refractivity contribution in [2.45, 2.75) is 19.5 Å². The Labute approximate surface area is 124 Å². The van der Waals surface area contributed by atoms with Crippen molar-refractivity contribution in [3.05, 3.63) is 65.2 Å². The van der Waals surface area contributed by atoms with Crippen LogP contribution in [0.5, 0.6) is 5.75 Å². The molecule has 0 aliphatic heterocycles. The number of hydrogen-bond acceptors (Lipinski definition) is 3. The van der Waals surface area contributed by atoms with E-state index in [-0.39, 0.29) is 6.04 Å². The molecule has 0 aromatic heterocycles. The fraction of sp³-hybridized carbons (Fsp3) is 0.235. The summed E-state index contributed by atoms with van der Waals surface area (Å²) in [4.78, 5) is 10.9. The van der Waals surface area contributed by atoms with Crippen molar-refractivity contribution in [3.63, 3.8) is 0 Å². The fourth-order valence-electron chi connectivity index (χ4n) is 2.11. The molecule has 2 aromatic rings. The minimum atomic E-state index is -0.905. The zero-order valence-electron chi connectivity index (χ0n) is 12.2. The van der Waals surface area contributed by atoms with Crippen LogP contribution in [-0.4, -0.2) is 18.2 Å². The SMILES string of the molecule is COc1cccc([C@@H](C)NCc2cccc(C(=O)O)c2)c1. The fourth-order valence-corrected chi connectivity index (χ4v) is 2.11. The third kappa shape index (κ3) is 4.07. The lowest BCUT2D eigenvalue weighted by molar-refractivity contribution is 0.0696. The van der Waals surface area contributed by atoms with Crippen LogP contribution in [-0.2, 0) is 6.54 Å². The van der Waals surface area contributed by atoms with Crippen LogP contribution < -0.4 is 10.1 Å². The van der Waals surface area contributed by atoms with Crippen molar-refractivity contribution in [2.24, 2.45) is 0 Å². The standard InChI is InChI=1S/C17H19NO3/c1-12(14-6-4-8-16(10-14)21-2)18-11-13-5-3-7-15(9-13)17(19)20/h3-10,12,18H,11H2,1-2H3,(H,19,20)/t12-/m1/s1. The van der Waals surface area contributed by atoms with Gasteiger partial charge in [0.2, 0.25) is 0 Å². The molecule has 0 amide bonds. The van der Waals surface area contributed by atoms with Gasteiger partial charge in [-0.25, -0.2) is 4.79 Å². The van der Waals surface area contributed by atoms with Crippen molar-refractivity contribution in [3.8, 4) is 5.75 Å². The predicted molar refractivity (Wildman–Crippen MR) is 81.7 cm³/mol. The smallest absolute Gasteiger partial charge is 0.335 e. The quantitative estimate of drug-likeness (QED) is 0.855. The van der Waals surface area contributed by atoms with Crippen LogP contribution in [0.15, 0.2) is 48.5 Å². The van der Waals surface area contributed by atoms with Gasteiger partial charge in [0.05, 0.1) is 12.7 Å². The van der Waals surface area contributed by atoms with Crippen molar-refractivity contribution >= 4 is 5.97 Å². The lowest BCUT2D eigenvalue weighted by Crippen LogP contribution is -2.18. The molecule has 0 aliphatic carbocycles. The average Bonchev–Trinajstić information content (AvgIpc) is 2.53. The maximum atomic E-state index is 10.9. The maximum absolute atomic E-state index is 10.9. The molecule has 0 unspecified atom stereocenters. The molecule has 2 rings (SSSR count). The molecule has 0 fully saturated rings. The van der Waals surface area contributed by atoms with E-state index in [9.17, 15) is 4.79 Å². The Morgan fingerprint density at radius 2 is 2.00 bits per heavy atom. The number of carboxylic acids is 1. The number of ether oxygens (including phenoxy) is 1. The Kier molecular flexibility index (Phi) is 4.95. The Morgan fingerprint density at radius 1 is 1.24 bits per heavy atom. The molecule has 0 saturated heterocycles.